The van der Waals surface area contributed by atoms with E-state index in [-0.39, 0.29) is 0 Å². The number of fused-ring (bicyclic) bond motifs is 10. The van der Waals surface area contributed by atoms with Crippen LogP contribution in [0.1, 0.15) is 0 Å². The van der Waals surface area contributed by atoms with Crippen molar-refractivity contribution >= 4 is 109 Å². The number of rotatable bonds is 6. The summed E-state index contributed by atoms with van der Waals surface area (Å²) in [5.74, 6) is 0. The third-order valence-electron chi connectivity index (χ3n) is 11.0. The van der Waals surface area contributed by atoms with Crippen molar-refractivity contribution in [2.75, 3.05) is 9.80 Å². The molecule has 11 aromatic rings. The van der Waals surface area contributed by atoms with E-state index in [0.29, 0.717) is 0 Å². The summed E-state index contributed by atoms with van der Waals surface area (Å²) in [6, 6.07) is 75.1. The first-order valence-electron chi connectivity index (χ1n) is 18.8. The molecule has 0 N–H and O–H groups in total. The van der Waals surface area contributed by atoms with Gasteiger partial charge in [-0.1, -0.05) is 127 Å². The van der Waals surface area contributed by atoms with E-state index >= 15 is 0 Å². The molecule has 2 nitrogen and oxygen atoms in total. The Hall–Kier alpha value is -6.94. The summed E-state index contributed by atoms with van der Waals surface area (Å²) in [7, 11) is 0. The summed E-state index contributed by atoms with van der Waals surface area (Å²) in [4.78, 5) is 4.75. The molecule has 0 saturated carbocycles. The van der Waals surface area contributed by atoms with E-state index in [1.54, 1.807) is 0 Å². The Morgan fingerprint density at radius 2 is 0.709 bits per heavy atom. The van der Waals surface area contributed by atoms with Gasteiger partial charge in [-0.2, -0.15) is 0 Å². The van der Waals surface area contributed by atoms with Crippen molar-refractivity contribution in [1.82, 2.24) is 0 Å². The molecule has 0 unspecified atom stereocenters. The second kappa shape index (κ2) is 12.9. The molecule has 0 aliphatic carbocycles. The number of hydrogen-bond donors (Lipinski definition) is 0. The lowest BCUT2D eigenvalue weighted by atomic mass is 9.96. The first kappa shape index (κ1) is 31.6. The van der Waals surface area contributed by atoms with Gasteiger partial charge in [-0.25, -0.2) is 0 Å². The molecule has 0 spiro atoms. The van der Waals surface area contributed by atoms with E-state index in [0.717, 1.165) is 34.1 Å². The van der Waals surface area contributed by atoms with Crippen LogP contribution in [0.3, 0.4) is 0 Å². The number of hydrogen-bond acceptors (Lipinski definition) is 3. The fraction of sp³-hybridized carbons (Fsp3) is 0. The number of anilines is 6. The molecule has 55 heavy (non-hydrogen) atoms. The summed E-state index contributed by atoms with van der Waals surface area (Å²) in [6.45, 7) is 0. The topological polar surface area (TPSA) is 6.48 Å². The quantitative estimate of drug-likeness (QED) is 0.158. The van der Waals surface area contributed by atoms with Crippen LogP contribution in [0, 0.1) is 0 Å². The van der Waals surface area contributed by atoms with Gasteiger partial charge >= 0.3 is 0 Å². The largest absolute Gasteiger partial charge is 0.310 e. The number of para-hydroxylation sites is 1. The molecular formula is C52H34N2S. The van der Waals surface area contributed by atoms with Crippen LogP contribution in [-0.4, -0.2) is 0 Å². The van der Waals surface area contributed by atoms with E-state index < -0.39 is 0 Å². The predicted molar refractivity (Wildman–Crippen MR) is 239 cm³/mol. The smallest absolute Gasteiger partial charge is 0.0468 e. The lowest BCUT2D eigenvalue weighted by Crippen LogP contribution is -2.12. The highest BCUT2D eigenvalue weighted by atomic mass is 32.1. The van der Waals surface area contributed by atoms with Gasteiger partial charge in [0.05, 0.1) is 0 Å². The van der Waals surface area contributed by atoms with Crippen LogP contribution in [0.5, 0.6) is 0 Å². The molecule has 1 aromatic heterocycles. The van der Waals surface area contributed by atoms with Crippen molar-refractivity contribution in [2.45, 2.75) is 0 Å². The van der Waals surface area contributed by atoms with Gasteiger partial charge in [0, 0.05) is 59.7 Å². The van der Waals surface area contributed by atoms with Crippen LogP contribution in [0.15, 0.2) is 206 Å². The van der Waals surface area contributed by atoms with E-state index in [2.05, 4.69) is 216 Å². The van der Waals surface area contributed by atoms with Gasteiger partial charge in [-0.3, -0.25) is 0 Å². The molecule has 0 radical (unpaired) electrons. The van der Waals surface area contributed by atoms with Gasteiger partial charge in [-0.05, 0) is 117 Å². The summed E-state index contributed by atoms with van der Waals surface area (Å²) in [5, 5.41) is 12.7. The molecule has 3 heteroatoms. The first-order valence-corrected chi connectivity index (χ1v) is 19.6. The average molecular weight is 719 g/mol. The SMILES string of the molecule is c1ccc(N(c2ccc(N(c3ccc4ccccc4c3)c3ccc4ccccc4c3)cc2)c2ccc3c4ccccc4c4c5ccccc5sc4c3c2)cc1. The zero-order valence-corrected chi connectivity index (χ0v) is 30.7. The second-order valence-corrected chi connectivity index (χ2v) is 15.2. The molecule has 11 rings (SSSR count). The van der Waals surface area contributed by atoms with Gasteiger partial charge < -0.3 is 9.80 Å². The predicted octanol–water partition coefficient (Wildman–Crippen LogP) is 15.6. The van der Waals surface area contributed by atoms with Gasteiger partial charge in [0.1, 0.15) is 0 Å². The summed E-state index contributed by atoms with van der Waals surface area (Å²) >= 11 is 1.90. The van der Waals surface area contributed by atoms with Gasteiger partial charge in [0.2, 0.25) is 0 Å². The fourth-order valence-electron chi connectivity index (χ4n) is 8.39. The van der Waals surface area contributed by atoms with Crippen LogP contribution in [0.2, 0.25) is 0 Å². The molecule has 1 heterocycles. The minimum atomic E-state index is 1.10. The zero-order valence-electron chi connectivity index (χ0n) is 29.9. The highest BCUT2D eigenvalue weighted by Crippen LogP contribution is 2.46. The lowest BCUT2D eigenvalue weighted by Gasteiger charge is -2.29. The monoisotopic (exact) mass is 718 g/mol. The first-order chi connectivity index (χ1) is 27.3. The molecule has 0 aliphatic rings. The van der Waals surface area contributed by atoms with Crippen LogP contribution in [0.4, 0.5) is 34.1 Å². The van der Waals surface area contributed by atoms with E-state index in [9.17, 15) is 0 Å². The third-order valence-corrected chi connectivity index (χ3v) is 12.2. The van der Waals surface area contributed by atoms with Crippen molar-refractivity contribution < 1.29 is 0 Å². The Labute approximate surface area is 323 Å². The van der Waals surface area contributed by atoms with Crippen molar-refractivity contribution in [2.24, 2.45) is 0 Å². The molecule has 0 aliphatic heterocycles. The molecule has 0 fully saturated rings. The zero-order chi connectivity index (χ0) is 36.3. The van der Waals surface area contributed by atoms with E-state index in [1.807, 2.05) is 11.3 Å². The summed E-state index contributed by atoms with van der Waals surface area (Å²) in [5.41, 5.74) is 6.68. The molecule has 0 bridgehead atoms. The highest BCUT2D eigenvalue weighted by molar-refractivity contribution is 7.27. The minimum Gasteiger partial charge on any atom is -0.310 e. The normalized spacial score (nSPS) is 11.6. The van der Waals surface area contributed by atoms with Gasteiger partial charge in [0.25, 0.3) is 0 Å². The Morgan fingerprint density at radius 1 is 0.273 bits per heavy atom. The maximum absolute atomic E-state index is 2.40. The van der Waals surface area contributed by atoms with Crippen LogP contribution in [-0.2, 0) is 0 Å². The van der Waals surface area contributed by atoms with E-state index in [4.69, 9.17) is 0 Å². The van der Waals surface area contributed by atoms with Crippen molar-refractivity contribution in [3.63, 3.8) is 0 Å². The number of nitrogens with zero attached hydrogens (tertiary/aromatic N) is 2. The summed E-state index contributed by atoms with van der Waals surface area (Å²) in [6.07, 6.45) is 0. The molecular weight excluding hydrogens is 685 g/mol. The third kappa shape index (κ3) is 5.32. The Balaban J connectivity index is 1.08. The average Bonchev–Trinajstić information content (AvgIpc) is 3.65. The number of benzene rings is 10. The van der Waals surface area contributed by atoms with Crippen LogP contribution in [0.25, 0.3) is 63.3 Å². The number of thiophene rings is 1. The molecule has 258 valence electrons. The molecule has 10 aromatic carbocycles. The Kier molecular flexibility index (Phi) is 7.39. The maximum Gasteiger partial charge on any atom is 0.0468 e. The van der Waals surface area contributed by atoms with Gasteiger partial charge in [0.15, 0.2) is 0 Å². The standard InChI is InChI=1S/C52H34N2S/c1-2-16-39(17-3-1)53(44-30-31-46-45-18-8-9-19-47(45)51-48-20-10-11-21-50(48)55-52(51)49(46)34-44)40-26-28-41(29-27-40)54(42-24-22-35-12-4-6-14-37(35)32-42)43-25-23-36-13-5-7-15-38(36)33-43/h1-34H. The van der Waals surface area contributed by atoms with Gasteiger partial charge in [-0.15, -0.1) is 11.3 Å². The maximum atomic E-state index is 2.40. The Morgan fingerprint density at radius 3 is 1.36 bits per heavy atom. The van der Waals surface area contributed by atoms with Crippen LogP contribution >= 0.6 is 11.3 Å². The lowest BCUT2D eigenvalue weighted by molar-refractivity contribution is 1.26. The minimum absolute atomic E-state index is 1.10. The van der Waals surface area contributed by atoms with E-state index in [1.165, 1.54) is 63.3 Å². The fourth-order valence-corrected chi connectivity index (χ4v) is 9.63. The molecule has 0 atom stereocenters. The molecule has 0 saturated heterocycles. The second-order valence-electron chi connectivity index (χ2n) is 14.2. The molecule has 0 amide bonds. The highest BCUT2D eigenvalue weighted by Gasteiger charge is 2.19. The van der Waals surface area contributed by atoms with Crippen molar-refractivity contribution in [1.29, 1.82) is 0 Å². The Bertz CT molecular complexity index is 3140. The summed E-state index contributed by atoms with van der Waals surface area (Å²) < 4.78 is 2.65. The van der Waals surface area contributed by atoms with Crippen LogP contribution < -0.4 is 9.80 Å². The van der Waals surface area contributed by atoms with Crippen molar-refractivity contribution in [3.05, 3.63) is 206 Å². The van der Waals surface area contributed by atoms with Crippen molar-refractivity contribution in [3.8, 4) is 0 Å².